The van der Waals surface area contributed by atoms with Gasteiger partial charge in [-0.15, -0.1) is 0 Å². The number of nitrogens with zero attached hydrogens (tertiary/aromatic N) is 2. The summed E-state index contributed by atoms with van der Waals surface area (Å²) in [5, 5.41) is 0. The van der Waals surface area contributed by atoms with Crippen molar-refractivity contribution in [1.29, 1.82) is 0 Å². The Morgan fingerprint density at radius 2 is 2.12 bits per heavy atom. The molecule has 0 bridgehead atoms. The van der Waals surface area contributed by atoms with E-state index in [4.69, 9.17) is 5.73 Å². The first-order chi connectivity index (χ1) is 7.62. The van der Waals surface area contributed by atoms with Crippen molar-refractivity contribution in [2.75, 3.05) is 32.7 Å². The molecule has 1 aliphatic rings. The summed E-state index contributed by atoms with van der Waals surface area (Å²) in [7, 11) is 0. The van der Waals surface area contributed by atoms with E-state index in [1.807, 2.05) is 4.90 Å². The zero-order valence-corrected chi connectivity index (χ0v) is 10.8. The second-order valence-corrected chi connectivity index (χ2v) is 4.69. The van der Waals surface area contributed by atoms with Gasteiger partial charge in [-0.2, -0.15) is 0 Å². The second kappa shape index (κ2) is 6.21. The van der Waals surface area contributed by atoms with E-state index >= 15 is 0 Å². The first-order valence-corrected chi connectivity index (χ1v) is 6.34. The zero-order valence-electron chi connectivity index (χ0n) is 10.8. The van der Waals surface area contributed by atoms with Gasteiger partial charge in [-0.1, -0.05) is 13.8 Å². The van der Waals surface area contributed by atoms with Gasteiger partial charge in [0.2, 0.25) is 5.91 Å². The molecule has 1 amide bonds. The Bertz CT molecular complexity index is 228. The summed E-state index contributed by atoms with van der Waals surface area (Å²) in [5.41, 5.74) is 5.62. The molecule has 2 N–H and O–H groups in total. The smallest absolute Gasteiger partial charge is 0.223 e. The van der Waals surface area contributed by atoms with Crippen molar-refractivity contribution in [2.24, 2.45) is 11.7 Å². The Labute approximate surface area is 98.8 Å². The molecule has 4 nitrogen and oxygen atoms in total. The van der Waals surface area contributed by atoms with Gasteiger partial charge >= 0.3 is 0 Å². The minimum absolute atomic E-state index is 0.273. The van der Waals surface area contributed by atoms with Gasteiger partial charge < -0.3 is 15.5 Å². The number of nitrogens with two attached hydrogens (primary N) is 1. The van der Waals surface area contributed by atoms with E-state index in [0.29, 0.717) is 24.9 Å². The quantitative estimate of drug-likeness (QED) is 0.720. The van der Waals surface area contributed by atoms with Crippen LogP contribution >= 0.6 is 0 Å². The topological polar surface area (TPSA) is 49.6 Å². The maximum absolute atomic E-state index is 11.8. The highest BCUT2D eigenvalue weighted by molar-refractivity contribution is 5.79. The van der Waals surface area contributed by atoms with Crippen molar-refractivity contribution < 1.29 is 4.79 Å². The van der Waals surface area contributed by atoms with Crippen LogP contribution in [0.4, 0.5) is 0 Å². The lowest BCUT2D eigenvalue weighted by Gasteiger charge is -2.29. The molecule has 0 spiro atoms. The van der Waals surface area contributed by atoms with Crippen LogP contribution < -0.4 is 5.73 Å². The zero-order chi connectivity index (χ0) is 12.1. The van der Waals surface area contributed by atoms with Crippen LogP contribution in [0.1, 0.15) is 27.2 Å². The Hall–Kier alpha value is -0.610. The number of likely N-dealkylation sites (tertiary alicyclic amines) is 1. The number of hydrogen-bond acceptors (Lipinski definition) is 3. The fourth-order valence-corrected chi connectivity index (χ4v) is 2.35. The molecule has 94 valence electrons. The molecule has 1 saturated heterocycles. The normalized spacial score (nSPS) is 23.2. The highest BCUT2D eigenvalue weighted by Gasteiger charge is 2.31. The molecule has 0 aromatic heterocycles. The van der Waals surface area contributed by atoms with Crippen LogP contribution in [0.15, 0.2) is 0 Å². The average molecular weight is 227 g/mol. The largest absolute Gasteiger partial charge is 0.338 e. The Morgan fingerprint density at radius 1 is 1.50 bits per heavy atom. The predicted molar refractivity (Wildman–Crippen MR) is 66.1 cm³/mol. The summed E-state index contributed by atoms with van der Waals surface area (Å²) >= 11 is 0. The van der Waals surface area contributed by atoms with Crippen molar-refractivity contribution in [3.8, 4) is 0 Å². The minimum Gasteiger partial charge on any atom is -0.338 e. The predicted octanol–water partition coefficient (Wildman–Crippen LogP) is 0.524. The average Bonchev–Trinajstić information content (AvgIpc) is 2.67. The van der Waals surface area contributed by atoms with E-state index in [2.05, 4.69) is 25.7 Å². The molecule has 4 heteroatoms. The molecular weight excluding hydrogens is 202 g/mol. The van der Waals surface area contributed by atoms with Gasteiger partial charge in [0.15, 0.2) is 0 Å². The van der Waals surface area contributed by atoms with Gasteiger partial charge in [0.25, 0.3) is 0 Å². The van der Waals surface area contributed by atoms with Gasteiger partial charge in [0, 0.05) is 25.6 Å². The van der Waals surface area contributed by atoms with Gasteiger partial charge in [-0.25, -0.2) is 0 Å². The van der Waals surface area contributed by atoms with Crippen molar-refractivity contribution in [2.45, 2.75) is 33.2 Å². The molecule has 1 fully saturated rings. The molecule has 2 atom stereocenters. The van der Waals surface area contributed by atoms with E-state index in [-0.39, 0.29) is 5.91 Å². The van der Waals surface area contributed by atoms with E-state index in [1.165, 1.54) is 0 Å². The van der Waals surface area contributed by atoms with E-state index < -0.39 is 0 Å². The van der Waals surface area contributed by atoms with Crippen molar-refractivity contribution in [3.05, 3.63) is 0 Å². The van der Waals surface area contributed by atoms with Gasteiger partial charge in [0.1, 0.15) is 0 Å². The third-order valence-electron chi connectivity index (χ3n) is 3.52. The van der Waals surface area contributed by atoms with Gasteiger partial charge in [-0.3, -0.25) is 4.79 Å². The summed E-state index contributed by atoms with van der Waals surface area (Å²) in [6, 6.07) is 0.309. The lowest BCUT2D eigenvalue weighted by molar-refractivity contribution is -0.129. The van der Waals surface area contributed by atoms with Crippen LogP contribution in [0.5, 0.6) is 0 Å². The molecule has 1 rings (SSSR count). The molecule has 0 aromatic carbocycles. The molecule has 1 heterocycles. The number of carbonyl (C=O) groups excluding carboxylic acids is 1. The van der Waals surface area contributed by atoms with Gasteiger partial charge in [-0.05, 0) is 32.5 Å². The maximum atomic E-state index is 11.8. The first-order valence-electron chi connectivity index (χ1n) is 6.34. The molecular formula is C12H25N3O. The standard InChI is InChI=1S/C12H25N3O/c1-4-14(5-2)8-10(3)15-9-11(7-13)6-12(15)16/h10-11H,4-9,13H2,1-3H3. The van der Waals surface area contributed by atoms with E-state index in [9.17, 15) is 4.79 Å². The number of hydrogen-bond donors (Lipinski definition) is 1. The second-order valence-electron chi connectivity index (χ2n) is 4.69. The molecule has 2 unspecified atom stereocenters. The summed E-state index contributed by atoms with van der Waals surface area (Å²) in [5.74, 6) is 0.641. The minimum atomic E-state index is 0.273. The van der Waals surface area contributed by atoms with Gasteiger partial charge in [0.05, 0.1) is 0 Å². The van der Waals surface area contributed by atoms with Crippen molar-refractivity contribution in [3.63, 3.8) is 0 Å². The fraction of sp³-hybridized carbons (Fsp3) is 0.917. The van der Waals surface area contributed by atoms with Crippen molar-refractivity contribution in [1.82, 2.24) is 9.80 Å². The van der Waals surface area contributed by atoms with Crippen LogP contribution in [-0.4, -0.2) is 54.5 Å². The van der Waals surface area contributed by atoms with Crippen LogP contribution in [0.3, 0.4) is 0 Å². The van der Waals surface area contributed by atoms with Crippen molar-refractivity contribution >= 4 is 5.91 Å². The number of amides is 1. The highest BCUT2D eigenvalue weighted by atomic mass is 16.2. The molecule has 0 aliphatic carbocycles. The lowest BCUT2D eigenvalue weighted by Crippen LogP contribution is -2.43. The van der Waals surface area contributed by atoms with E-state index in [0.717, 1.165) is 26.2 Å². The Kier molecular flexibility index (Phi) is 5.22. The Morgan fingerprint density at radius 3 is 2.56 bits per heavy atom. The molecule has 1 aliphatic heterocycles. The highest BCUT2D eigenvalue weighted by Crippen LogP contribution is 2.19. The van der Waals surface area contributed by atoms with Crippen LogP contribution in [0.2, 0.25) is 0 Å². The maximum Gasteiger partial charge on any atom is 0.223 e. The third-order valence-corrected chi connectivity index (χ3v) is 3.52. The summed E-state index contributed by atoms with van der Waals surface area (Å²) in [4.78, 5) is 16.1. The first kappa shape index (κ1) is 13.5. The number of rotatable bonds is 6. The monoisotopic (exact) mass is 227 g/mol. The van der Waals surface area contributed by atoms with E-state index in [1.54, 1.807) is 0 Å². The third kappa shape index (κ3) is 3.19. The molecule has 16 heavy (non-hydrogen) atoms. The van der Waals surface area contributed by atoms with Crippen LogP contribution in [-0.2, 0) is 4.79 Å². The number of carbonyl (C=O) groups is 1. The van der Waals surface area contributed by atoms with Crippen LogP contribution in [0, 0.1) is 5.92 Å². The Balaban J connectivity index is 2.47. The summed E-state index contributed by atoms with van der Waals surface area (Å²) < 4.78 is 0. The lowest BCUT2D eigenvalue weighted by atomic mass is 10.1. The summed E-state index contributed by atoms with van der Waals surface area (Å²) in [6.45, 7) is 11.0. The summed E-state index contributed by atoms with van der Waals surface area (Å²) in [6.07, 6.45) is 0.638. The molecule has 0 aromatic rings. The number of likely N-dealkylation sites (N-methyl/N-ethyl adjacent to an activating group) is 1. The van der Waals surface area contributed by atoms with Crippen LogP contribution in [0.25, 0.3) is 0 Å². The fourth-order valence-electron chi connectivity index (χ4n) is 2.35. The molecule has 0 saturated carbocycles. The molecule has 0 radical (unpaired) electrons. The SMILES string of the molecule is CCN(CC)CC(C)N1CC(CN)CC1=O.